The summed E-state index contributed by atoms with van der Waals surface area (Å²) in [6, 6.07) is 7.52. The number of aryl methyl sites for hydroxylation is 1. The van der Waals surface area contributed by atoms with Crippen molar-refractivity contribution in [3.05, 3.63) is 47.9 Å². The molecule has 2 saturated heterocycles. The minimum absolute atomic E-state index is 0.0962. The molecule has 1 N–H and O–H groups in total. The van der Waals surface area contributed by atoms with Gasteiger partial charge in [-0.2, -0.15) is 4.98 Å². The summed E-state index contributed by atoms with van der Waals surface area (Å²) in [4.78, 5) is 38.9. The molecule has 0 spiro atoms. The van der Waals surface area contributed by atoms with E-state index in [1.165, 1.54) is 16.2 Å². The fourth-order valence-electron chi connectivity index (χ4n) is 5.11. The van der Waals surface area contributed by atoms with Crippen LogP contribution in [0, 0.1) is 6.92 Å². The number of nitrogens with zero attached hydrogens (tertiary/aromatic N) is 7. The number of fused-ring (bicyclic) bond motifs is 1. The summed E-state index contributed by atoms with van der Waals surface area (Å²) in [6.07, 6.45) is 3.54. The van der Waals surface area contributed by atoms with E-state index in [1.807, 2.05) is 45.9 Å². The fourth-order valence-corrected chi connectivity index (χ4v) is 6.09. The molecular weight excluding hydrogens is 562 g/mol. The highest BCUT2D eigenvalue weighted by atomic mass is 32.1. The molecule has 0 aromatic carbocycles. The predicted octanol–water partition coefficient (Wildman–Crippen LogP) is 6.17. The second kappa shape index (κ2) is 10.7. The number of amides is 1. The number of anilines is 3. The van der Waals surface area contributed by atoms with Gasteiger partial charge >= 0.3 is 6.09 Å². The van der Waals surface area contributed by atoms with Crippen LogP contribution in [0.15, 0.2) is 36.7 Å². The van der Waals surface area contributed by atoms with Gasteiger partial charge in [-0.25, -0.2) is 28.5 Å². The van der Waals surface area contributed by atoms with Gasteiger partial charge in [-0.1, -0.05) is 6.07 Å². The van der Waals surface area contributed by atoms with Crippen molar-refractivity contribution < 1.29 is 18.3 Å². The van der Waals surface area contributed by atoms with E-state index in [0.717, 1.165) is 26.5 Å². The number of ether oxygens (including phenoxy) is 1. The molecule has 0 aliphatic carbocycles. The number of thiazole rings is 1. The van der Waals surface area contributed by atoms with Crippen LogP contribution in [0.1, 0.15) is 50.8 Å². The molecule has 2 aliphatic rings. The molecule has 220 valence electrons. The number of carbonyl (C=O) groups is 1. The zero-order valence-electron chi connectivity index (χ0n) is 23.9. The summed E-state index contributed by atoms with van der Waals surface area (Å²) in [7, 11) is 0. The quantitative estimate of drug-likeness (QED) is 0.290. The van der Waals surface area contributed by atoms with E-state index in [2.05, 4.69) is 20.3 Å². The predicted molar refractivity (Wildman–Crippen MR) is 158 cm³/mol. The second-order valence-corrected chi connectivity index (χ2v) is 12.8. The van der Waals surface area contributed by atoms with Gasteiger partial charge in [0.1, 0.15) is 27.9 Å². The Labute approximate surface area is 246 Å². The van der Waals surface area contributed by atoms with Gasteiger partial charge in [-0.05, 0) is 45.7 Å². The maximum absolute atomic E-state index is 14.1. The number of hydrogen-bond donors (Lipinski definition) is 1. The lowest BCUT2D eigenvalue weighted by molar-refractivity contribution is 0.0254. The maximum Gasteiger partial charge on any atom is 0.410 e. The number of carbonyl (C=O) groups excluding carboxylic acids is 1. The Morgan fingerprint density at radius 1 is 1.14 bits per heavy atom. The zero-order valence-corrected chi connectivity index (χ0v) is 24.7. The molecule has 0 radical (unpaired) electrons. The molecule has 6 rings (SSSR count). The second-order valence-electron chi connectivity index (χ2n) is 11.8. The minimum atomic E-state index is -2.80. The Bertz CT molecular complexity index is 1640. The molecule has 4 aromatic heterocycles. The minimum Gasteiger partial charge on any atom is -0.444 e. The standard InChI is InChI=1S/C29H32F2N8O2S/c1-17-6-5-9-32-24(17)25-34-20-13-22(33-14-21(20)42-25)36-23-12-19(35-26(37-23)39-11-8-29(30,31)16-39)18-7-10-38(15-18)27(40)41-28(2,3)4/h5-6,9,12-14,18H,7-8,10-11,15-16H2,1-4H3,(H,33,35,36,37). The van der Waals surface area contributed by atoms with Gasteiger partial charge in [-0.15, -0.1) is 11.3 Å². The third-order valence-corrected chi connectivity index (χ3v) is 8.20. The summed E-state index contributed by atoms with van der Waals surface area (Å²) in [5.41, 5.74) is 2.70. The molecule has 42 heavy (non-hydrogen) atoms. The fraction of sp³-hybridized carbons (Fsp3) is 0.448. The van der Waals surface area contributed by atoms with Crippen molar-refractivity contribution in [3.8, 4) is 10.7 Å². The first-order chi connectivity index (χ1) is 19.9. The maximum atomic E-state index is 14.1. The van der Waals surface area contributed by atoms with Gasteiger partial charge in [0.2, 0.25) is 5.95 Å². The van der Waals surface area contributed by atoms with E-state index in [9.17, 15) is 13.6 Å². The summed E-state index contributed by atoms with van der Waals surface area (Å²) in [5, 5.41) is 4.04. The monoisotopic (exact) mass is 594 g/mol. The summed E-state index contributed by atoms with van der Waals surface area (Å²) < 4.78 is 34.7. The molecule has 1 unspecified atom stereocenters. The first kappa shape index (κ1) is 28.1. The van der Waals surface area contributed by atoms with Crippen molar-refractivity contribution in [2.75, 3.05) is 36.4 Å². The molecule has 10 nitrogen and oxygen atoms in total. The third kappa shape index (κ3) is 6.10. The molecule has 0 saturated carbocycles. The Morgan fingerprint density at radius 2 is 1.98 bits per heavy atom. The van der Waals surface area contributed by atoms with Crippen LogP contribution in [0.5, 0.6) is 0 Å². The first-order valence-electron chi connectivity index (χ1n) is 13.9. The third-order valence-electron chi connectivity index (χ3n) is 7.19. The molecule has 1 atom stereocenters. The number of hydrogen-bond acceptors (Lipinski definition) is 10. The van der Waals surface area contributed by atoms with E-state index in [4.69, 9.17) is 14.7 Å². The number of likely N-dealkylation sites (tertiary alicyclic amines) is 1. The van der Waals surface area contributed by atoms with Crippen LogP contribution >= 0.6 is 11.3 Å². The Hall–Kier alpha value is -4.00. The van der Waals surface area contributed by atoms with Crippen molar-refractivity contribution in [2.45, 2.75) is 58.0 Å². The lowest BCUT2D eigenvalue weighted by Gasteiger charge is -2.24. The van der Waals surface area contributed by atoms with E-state index < -0.39 is 18.1 Å². The van der Waals surface area contributed by atoms with Gasteiger partial charge in [0.25, 0.3) is 5.92 Å². The van der Waals surface area contributed by atoms with Crippen LogP contribution in [-0.2, 0) is 4.74 Å². The molecule has 1 amide bonds. The van der Waals surface area contributed by atoms with Gasteiger partial charge in [-0.3, -0.25) is 4.98 Å². The van der Waals surface area contributed by atoms with E-state index >= 15 is 0 Å². The van der Waals surface area contributed by atoms with Crippen molar-refractivity contribution in [2.24, 2.45) is 0 Å². The van der Waals surface area contributed by atoms with Crippen LogP contribution in [0.3, 0.4) is 0 Å². The van der Waals surface area contributed by atoms with Crippen LogP contribution in [0.25, 0.3) is 20.9 Å². The van der Waals surface area contributed by atoms with Crippen LogP contribution < -0.4 is 10.2 Å². The van der Waals surface area contributed by atoms with Gasteiger partial charge in [0.05, 0.1) is 22.5 Å². The smallest absolute Gasteiger partial charge is 0.410 e. The SMILES string of the molecule is Cc1cccnc1-c1nc2cc(Nc3cc(C4CCN(C(=O)OC(C)(C)C)C4)nc(N4CCC(F)(F)C4)n3)ncc2s1. The molecule has 2 fully saturated rings. The highest BCUT2D eigenvalue weighted by molar-refractivity contribution is 7.21. The average Bonchev–Trinajstić information content (AvgIpc) is 3.66. The van der Waals surface area contributed by atoms with Crippen LogP contribution in [0.4, 0.5) is 31.2 Å². The summed E-state index contributed by atoms with van der Waals surface area (Å²) in [5.74, 6) is -1.72. The van der Waals surface area contributed by atoms with Gasteiger partial charge < -0.3 is 19.9 Å². The van der Waals surface area contributed by atoms with Crippen molar-refractivity contribution in [1.29, 1.82) is 0 Å². The number of halogens is 2. The van der Waals surface area contributed by atoms with E-state index in [1.54, 1.807) is 23.4 Å². The molecule has 2 aliphatic heterocycles. The van der Waals surface area contributed by atoms with Crippen molar-refractivity contribution >= 4 is 45.2 Å². The Kier molecular flexibility index (Phi) is 7.16. The topological polar surface area (TPSA) is 109 Å². The Morgan fingerprint density at radius 3 is 2.71 bits per heavy atom. The summed E-state index contributed by atoms with van der Waals surface area (Å²) in [6.45, 7) is 8.14. The number of pyridine rings is 2. The number of alkyl halides is 2. The zero-order chi connectivity index (χ0) is 29.6. The molecule has 4 aromatic rings. The largest absolute Gasteiger partial charge is 0.444 e. The van der Waals surface area contributed by atoms with Crippen molar-refractivity contribution in [3.63, 3.8) is 0 Å². The number of aromatic nitrogens is 5. The average molecular weight is 595 g/mol. The first-order valence-corrected chi connectivity index (χ1v) is 14.7. The van der Waals surface area contributed by atoms with E-state index in [0.29, 0.717) is 36.8 Å². The normalized spacial score (nSPS) is 18.6. The van der Waals surface area contributed by atoms with Gasteiger partial charge in [0, 0.05) is 56.5 Å². The molecular formula is C29H32F2N8O2S. The van der Waals surface area contributed by atoms with Gasteiger partial charge in [0.15, 0.2) is 0 Å². The highest BCUT2D eigenvalue weighted by Gasteiger charge is 2.40. The highest BCUT2D eigenvalue weighted by Crippen LogP contribution is 2.35. The molecule has 6 heterocycles. The molecule has 0 bridgehead atoms. The Balaban J connectivity index is 1.28. The van der Waals surface area contributed by atoms with E-state index in [-0.39, 0.29) is 30.9 Å². The number of rotatable bonds is 5. The lowest BCUT2D eigenvalue weighted by Crippen LogP contribution is -2.35. The van der Waals surface area contributed by atoms with Crippen LogP contribution in [-0.4, -0.2) is 73.6 Å². The molecule has 13 heteroatoms. The summed E-state index contributed by atoms with van der Waals surface area (Å²) >= 11 is 1.51. The van der Waals surface area contributed by atoms with Crippen molar-refractivity contribution in [1.82, 2.24) is 29.8 Å². The van der Waals surface area contributed by atoms with Crippen LogP contribution in [0.2, 0.25) is 0 Å². The lowest BCUT2D eigenvalue weighted by atomic mass is 10.0. The number of nitrogens with one attached hydrogen (secondary N) is 1.